The lowest BCUT2D eigenvalue weighted by atomic mass is 10.2. The molecule has 0 radical (unpaired) electrons. The van der Waals surface area contributed by atoms with Crippen molar-refractivity contribution in [3.05, 3.63) is 0 Å². The van der Waals surface area contributed by atoms with Crippen molar-refractivity contribution in [2.45, 2.75) is 39.5 Å². The third kappa shape index (κ3) is 26.0. The average Bonchev–Trinajstić information content (AvgIpc) is 1.91. The van der Waals surface area contributed by atoms with Crippen molar-refractivity contribution < 1.29 is 5.11 Å². The summed E-state index contributed by atoms with van der Waals surface area (Å²) in [5.41, 5.74) is 0. The van der Waals surface area contributed by atoms with Gasteiger partial charge >= 0.3 is 0 Å². The second-order valence-corrected chi connectivity index (χ2v) is 2.01. The molecule has 0 fully saturated rings. The van der Waals surface area contributed by atoms with Crippen LogP contribution < -0.4 is 0 Å². The maximum Gasteiger partial charge on any atom is 0.0587 e. The molecule has 2 nitrogen and oxygen atoms in total. The lowest BCUT2D eigenvalue weighted by molar-refractivity contribution is 0.283. The Balaban J connectivity index is 0. The second-order valence-electron chi connectivity index (χ2n) is 2.01. The minimum Gasteiger partial charge on any atom is -0.396 e. The first-order valence-electron chi connectivity index (χ1n) is 3.75. The number of rotatable bonds is 4. The summed E-state index contributed by atoms with van der Waals surface area (Å²) < 4.78 is 0. The Morgan fingerprint density at radius 1 is 1.30 bits per heavy atom. The van der Waals surface area contributed by atoms with Gasteiger partial charge in [0.15, 0.2) is 0 Å². The number of nitrogens with zero attached hydrogens (tertiary/aromatic N) is 1. The fourth-order valence-electron chi connectivity index (χ4n) is 0.539. The van der Waals surface area contributed by atoms with Crippen LogP contribution in [0, 0.1) is 11.3 Å². The van der Waals surface area contributed by atoms with Crippen molar-refractivity contribution in [1.29, 1.82) is 5.26 Å². The van der Waals surface area contributed by atoms with E-state index >= 15 is 0 Å². The van der Waals surface area contributed by atoms with Crippen LogP contribution in [0.15, 0.2) is 0 Å². The number of nitriles is 1. The van der Waals surface area contributed by atoms with Gasteiger partial charge in [0.05, 0.1) is 6.07 Å². The molecule has 0 rings (SSSR count). The van der Waals surface area contributed by atoms with Crippen LogP contribution in [0.1, 0.15) is 39.5 Å². The first-order chi connectivity index (χ1) is 4.83. The molecule has 0 saturated heterocycles. The van der Waals surface area contributed by atoms with Gasteiger partial charge in [0.25, 0.3) is 0 Å². The molecule has 0 aromatic rings. The quantitative estimate of drug-likeness (QED) is 0.612. The van der Waals surface area contributed by atoms with Gasteiger partial charge in [-0.15, -0.1) is 0 Å². The maximum atomic E-state index is 8.29. The highest BCUT2D eigenvalue weighted by Crippen LogP contribution is 1.95. The predicted octanol–water partition coefficient (Wildman–Crippen LogP) is 2.09. The molecular weight excluding hydrogens is 126 g/mol. The van der Waals surface area contributed by atoms with Crippen LogP contribution in [-0.4, -0.2) is 11.7 Å². The summed E-state index contributed by atoms with van der Waals surface area (Å²) in [7, 11) is 0. The molecule has 0 aromatic carbocycles. The molecule has 0 aliphatic carbocycles. The molecule has 2 heteroatoms. The lowest BCUT2D eigenvalue weighted by Gasteiger charge is -1.90. The van der Waals surface area contributed by atoms with E-state index in [9.17, 15) is 0 Å². The van der Waals surface area contributed by atoms with Gasteiger partial charge in [-0.3, -0.25) is 0 Å². The molecule has 1 N–H and O–H groups in total. The Bertz CT molecular complexity index is 71.8. The van der Waals surface area contributed by atoms with Gasteiger partial charge in [0, 0.05) is 13.5 Å². The zero-order chi connectivity index (χ0) is 8.24. The summed E-state index contributed by atoms with van der Waals surface area (Å²) in [6.07, 6.45) is 4.68. The van der Waals surface area contributed by atoms with E-state index in [0.717, 1.165) is 6.42 Å². The van der Waals surface area contributed by atoms with Gasteiger partial charge in [-0.05, 0) is 6.42 Å². The first kappa shape index (κ1) is 12.2. The van der Waals surface area contributed by atoms with E-state index in [0.29, 0.717) is 6.61 Å². The Labute approximate surface area is 63.5 Å². The molecule has 0 atom stereocenters. The van der Waals surface area contributed by atoms with E-state index in [2.05, 4.69) is 6.92 Å². The van der Waals surface area contributed by atoms with E-state index in [1.54, 1.807) is 6.07 Å². The molecule has 0 unspecified atom stereocenters. The van der Waals surface area contributed by atoms with Gasteiger partial charge in [-0.2, -0.15) is 5.26 Å². The molecule has 10 heavy (non-hydrogen) atoms. The van der Waals surface area contributed by atoms with Gasteiger partial charge < -0.3 is 5.11 Å². The number of hydrogen-bond acceptors (Lipinski definition) is 2. The molecule has 0 heterocycles. The van der Waals surface area contributed by atoms with Crippen molar-refractivity contribution in [2.24, 2.45) is 0 Å². The lowest BCUT2D eigenvalue weighted by Crippen LogP contribution is -1.80. The van der Waals surface area contributed by atoms with Crippen LogP contribution in [0.5, 0.6) is 0 Å². The zero-order valence-electron chi connectivity index (χ0n) is 6.93. The fourth-order valence-corrected chi connectivity index (χ4v) is 0.539. The molecule has 60 valence electrons. The van der Waals surface area contributed by atoms with E-state index in [1.807, 2.05) is 0 Å². The highest BCUT2D eigenvalue weighted by Gasteiger charge is 1.80. The Kier molecular flexibility index (Phi) is 19.2. The molecule has 0 amide bonds. The number of aliphatic hydroxyl groups excluding tert-OH is 1. The summed E-state index contributed by atoms with van der Waals surface area (Å²) >= 11 is 0. The summed E-state index contributed by atoms with van der Waals surface area (Å²) in [4.78, 5) is 0. The topological polar surface area (TPSA) is 44.0 Å². The average molecular weight is 143 g/mol. The van der Waals surface area contributed by atoms with Crippen molar-refractivity contribution in [3.63, 3.8) is 0 Å². The molecule has 0 aliphatic heterocycles. The minimum absolute atomic E-state index is 0.361. The highest BCUT2D eigenvalue weighted by molar-refractivity contribution is 4.51. The third-order valence-corrected chi connectivity index (χ3v) is 1.01. The van der Waals surface area contributed by atoms with E-state index in [-0.39, 0.29) is 0 Å². The van der Waals surface area contributed by atoms with Crippen molar-refractivity contribution >= 4 is 0 Å². The summed E-state index contributed by atoms with van der Waals surface area (Å²) in [5.74, 6) is 0. The molecule has 0 bridgehead atoms. The Morgan fingerprint density at radius 3 is 2.10 bits per heavy atom. The molecule has 0 aliphatic rings. The first-order valence-corrected chi connectivity index (χ1v) is 3.75. The highest BCUT2D eigenvalue weighted by atomic mass is 16.2. The van der Waals surface area contributed by atoms with Crippen LogP contribution in [0.4, 0.5) is 0 Å². The predicted molar refractivity (Wildman–Crippen MR) is 42.5 cm³/mol. The van der Waals surface area contributed by atoms with Gasteiger partial charge in [0.1, 0.15) is 0 Å². The van der Waals surface area contributed by atoms with Crippen molar-refractivity contribution in [3.8, 4) is 6.07 Å². The molecule has 0 spiro atoms. The molecule has 0 aromatic heterocycles. The molecule has 0 saturated carbocycles. The standard InChI is InChI=1S/C6H14O.C2H3N/c1-2-3-4-5-6-7;1-2-3/h7H,2-6H2,1H3;1H3. The Morgan fingerprint density at radius 2 is 1.80 bits per heavy atom. The summed E-state index contributed by atoms with van der Waals surface area (Å²) in [6, 6.07) is 1.75. The fraction of sp³-hybridized carbons (Fsp3) is 0.875. The summed E-state index contributed by atoms with van der Waals surface area (Å²) in [6.45, 7) is 3.96. The van der Waals surface area contributed by atoms with Gasteiger partial charge in [-0.25, -0.2) is 0 Å². The van der Waals surface area contributed by atoms with Crippen LogP contribution in [0.2, 0.25) is 0 Å². The SMILES string of the molecule is CC#N.CCCCCCO. The number of unbranched alkanes of at least 4 members (excludes halogenated alkanes) is 3. The van der Waals surface area contributed by atoms with Crippen molar-refractivity contribution in [2.75, 3.05) is 6.61 Å². The second kappa shape index (κ2) is 15.8. The van der Waals surface area contributed by atoms with E-state index < -0.39 is 0 Å². The minimum atomic E-state index is 0.361. The summed E-state index contributed by atoms with van der Waals surface area (Å²) in [5, 5.41) is 15.6. The smallest absolute Gasteiger partial charge is 0.0587 e. The monoisotopic (exact) mass is 143 g/mol. The maximum absolute atomic E-state index is 8.29. The number of hydrogen-bond donors (Lipinski definition) is 1. The van der Waals surface area contributed by atoms with Crippen LogP contribution in [0.3, 0.4) is 0 Å². The van der Waals surface area contributed by atoms with E-state index in [4.69, 9.17) is 10.4 Å². The zero-order valence-corrected chi connectivity index (χ0v) is 6.93. The Hall–Kier alpha value is -0.550. The largest absolute Gasteiger partial charge is 0.396 e. The van der Waals surface area contributed by atoms with Crippen LogP contribution >= 0.6 is 0 Å². The van der Waals surface area contributed by atoms with Crippen LogP contribution in [0.25, 0.3) is 0 Å². The van der Waals surface area contributed by atoms with Crippen molar-refractivity contribution in [1.82, 2.24) is 0 Å². The molecular formula is C8H17NO. The third-order valence-electron chi connectivity index (χ3n) is 1.01. The van der Waals surface area contributed by atoms with E-state index in [1.165, 1.54) is 26.2 Å². The number of aliphatic hydroxyl groups is 1. The normalized spacial score (nSPS) is 7.40. The van der Waals surface area contributed by atoms with Gasteiger partial charge in [0.2, 0.25) is 0 Å². The van der Waals surface area contributed by atoms with Gasteiger partial charge in [-0.1, -0.05) is 26.2 Å². The van der Waals surface area contributed by atoms with Crippen LogP contribution in [-0.2, 0) is 0 Å².